The van der Waals surface area contributed by atoms with Gasteiger partial charge in [0, 0.05) is 33.4 Å². The van der Waals surface area contributed by atoms with Gasteiger partial charge in [0.1, 0.15) is 12.4 Å². The van der Waals surface area contributed by atoms with E-state index >= 15 is 0 Å². The molecule has 0 bridgehead atoms. The van der Waals surface area contributed by atoms with Crippen LogP contribution in [0.1, 0.15) is 11.1 Å². The number of fused-ring (bicyclic) bond motifs is 1. The molecule has 0 saturated heterocycles. The highest BCUT2D eigenvalue weighted by Gasteiger charge is 2.28. The maximum absolute atomic E-state index is 12.7. The second-order valence-corrected chi connectivity index (χ2v) is 6.57. The molecule has 2 aromatic carbocycles. The molecule has 0 aliphatic carbocycles. The van der Waals surface area contributed by atoms with Crippen LogP contribution in [-0.4, -0.2) is 38.6 Å². The summed E-state index contributed by atoms with van der Waals surface area (Å²) in [5.41, 5.74) is 3.41. The van der Waals surface area contributed by atoms with E-state index in [1.807, 2.05) is 45.4 Å². The van der Waals surface area contributed by atoms with Crippen molar-refractivity contribution in [2.45, 2.75) is 13.0 Å². The topological polar surface area (TPSA) is 32.8 Å². The Hall–Kier alpha value is -2.49. The Morgan fingerprint density at radius 2 is 1.79 bits per heavy atom. The molecule has 0 saturated carbocycles. The quantitative estimate of drug-likeness (QED) is 0.867. The van der Waals surface area contributed by atoms with E-state index in [1.54, 1.807) is 4.90 Å². The van der Waals surface area contributed by atoms with Gasteiger partial charge >= 0.3 is 0 Å². The molecule has 0 radical (unpaired) electrons. The molecule has 1 aliphatic heterocycles. The molecule has 1 aliphatic rings. The third-order valence-corrected chi connectivity index (χ3v) is 4.48. The first kappa shape index (κ1) is 16.4. The van der Waals surface area contributed by atoms with E-state index < -0.39 is 0 Å². The second-order valence-electron chi connectivity index (χ2n) is 6.57. The average molecular weight is 324 g/mol. The summed E-state index contributed by atoms with van der Waals surface area (Å²) in [7, 11) is 5.90. The van der Waals surface area contributed by atoms with E-state index in [0.29, 0.717) is 13.2 Å². The van der Waals surface area contributed by atoms with Crippen molar-refractivity contribution >= 4 is 11.6 Å². The third-order valence-electron chi connectivity index (χ3n) is 4.48. The maximum atomic E-state index is 12.7. The molecule has 0 aromatic heterocycles. The first-order chi connectivity index (χ1) is 11.5. The molecule has 126 valence electrons. The summed E-state index contributed by atoms with van der Waals surface area (Å²) < 4.78 is 5.75. The van der Waals surface area contributed by atoms with E-state index in [0.717, 1.165) is 29.0 Å². The number of carbonyl (C=O) groups excluding carboxylic acids is 1. The fraction of sp³-hybridized carbons (Fsp3) is 0.350. The van der Waals surface area contributed by atoms with Crippen LogP contribution in [0.25, 0.3) is 0 Å². The van der Waals surface area contributed by atoms with Crippen LogP contribution in [0, 0.1) is 5.92 Å². The Morgan fingerprint density at radius 3 is 2.50 bits per heavy atom. The lowest BCUT2D eigenvalue weighted by Crippen LogP contribution is -2.38. The zero-order chi connectivity index (χ0) is 17.1. The van der Waals surface area contributed by atoms with Crippen molar-refractivity contribution < 1.29 is 9.53 Å². The molecule has 24 heavy (non-hydrogen) atoms. The number of anilines is 1. The minimum absolute atomic E-state index is 0.106. The van der Waals surface area contributed by atoms with Crippen LogP contribution < -0.4 is 9.64 Å². The first-order valence-electron chi connectivity index (χ1n) is 8.26. The minimum atomic E-state index is -0.106. The van der Waals surface area contributed by atoms with Gasteiger partial charge in [0.05, 0.1) is 5.92 Å². The van der Waals surface area contributed by atoms with E-state index in [1.165, 1.54) is 0 Å². The van der Waals surface area contributed by atoms with Gasteiger partial charge in [-0.15, -0.1) is 0 Å². The van der Waals surface area contributed by atoms with Crippen molar-refractivity contribution in [2.24, 2.45) is 5.92 Å². The number of ether oxygens (including phenoxy) is 1. The van der Waals surface area contributed by atoms with Crippen LogP contribution in [-0.2, 0) is 17.8 Å². The van der Waals surface area contributed by atoms with Gasteiger partial charge in [0.15, 0.2) is 0 Å². The SMILES string of the molecule is CN(Cc1ccc(N(C)C)cc1)C(=O)C1COc2ccccc2C1. The van der Waals surface area contributed by atoms with E-state index in [9.17, 15) is 4.79 Å². The first-order valence-corrected chi connectivity index (χ1v) is 8.26. The lowest BCUT2D eigenvalue weighted by atomic mass is 9.95. The van der Waals surface area contributed by atoms with Crippen molar-refractivity contribution in [1.29, 1.82) is 0 Å². The Bertz CT molecular complexity index is 710. The molecule has 0 fully saturated rings. The molecule has 0 spiro atoms. The van der Waals surface area contributed by atoms with Crippen LogP contribution >= 0.6 is 0 Å². The summed E-state index contributed by atoms with van der Waals surface area (Å²) in [5.74, 6) is 0.940. The highest BCUT2D eigenvalue weighted by molar-refractivity contribution is 5.79. The number of para-hydroxylation sites is 1. The molecule has 1 heterocycles. The minimum Gasteiger partial charge on any atom is -0.492 e. The molecule has 1 atom stereocenters. The van der Waals surface area contributed by atoms with Crippen molar-refractivity contribution in [3.05, 3.63) is 59.7 Å². The normalized spacial score (nSPS) is 16.0. The van der Waals surface area contributed by atoms with Crippen molar-refractivity contribution in [2.75, 3.05) is 32.6 Å². The number of benzene rings is 2. The standard InChI is InChI=1S/C20H24N2O2/c1-21(2)18-10-8-15(9-11-18)13-22(3)20(23)17-12-16-6-4-5-7-19(16)24-14-17/h4-11,17H,12-14H2,1-3H3. The fourth-order valence-corrected chi connectivity index (χ4v) is 3.05. The second kappa shape index (κ2) is 6.95. The third kappa shape index (κ3) is 3.53. The molecule has 4 heteroatoms. The number of nitrogens with zero attached hydrogens (tertiary/aromatic N) is 2. The largest absolute Gasteiger partial charge is 0.492 e. The predicted molar refractivity (Wildman–Crippen MR) is 96.4 cm³/mol. The van der Waals surface area contributed by atoms with Gasteiger partial charge in [0.25, 0.3) is 0 Å². The van der Waals surface area contributed by atoms with Crippen LogP contribution in [0.3, 0.4) is 0 Å². The summed E-state index contributed by atoms with van der Waals surface area (Å²) in [4.78, 5) is 16.6. The van der Waals surface area contributed by atoms with Gasteiger partial charge in [-0.1, -0.05) is 30.3 Å². The van der Waals surface area contributed by atoms with E-state index in [4.69, 9.17) is 4.74 Å². The molecule has 1 unspecified atom stereocenters. The lowest BCUT2D eigenvalue weighted by molar-refractivity contribution is -0.136. The molecule has 0 N–H and O–H groups in total. The summed E-state index contributed by atoms with van der Waals surface area (Å²) in [6.45, 7) is 1.07. The molecular weight excluding hydrogens is 300 g/mol. The molecule has 4 nitrogen and oxygen atoms in total. The highest BCUT2D eigenvalue weighted by Crippen LogP contribution is 2.27. The monoisotopic (exact) mass is 324 g/mol. The molecule has 3 rings (SSSR count). The van der Waals surface area contributed by atoms with Gasteiger partial charge < -0.3 is 14.5 Å². The fourth-order valence-electron chi connectivity index (χ4n) is 3.05. The summed E-state index contributed by atoms with van der Waals surface area (Å²) >= 11 is 0. The Labute approximate surface area is 143 Å². The predicted octanol–water partition coefficient (Wildman–Crippen LogP) is 2.96. The van der Waals surface area contributed by atoms with Gasteiger partial charge in [-0.25, -0.2) is 0 Å². The van der Waals surface area contributed by atoms with Crippen LogP contribution in [0.15, 0.2) is 48.5 Å². The number of hydrogen-bond acceptors (Lipinski definition) is 3. The van der Waals surface area contributed by atoms with Gasteiger partial charge in [-0.2, -0.15) is 0 Å². The summed E-state index contributed by atoms with van der Waals surface area (Å²) in [6.07, 6.45) is 0.749. The average Bonchev–Trinajstić information content (AvgIpc) is 2.61. The number of rotatable bonds is 4. The number of carbonyl (C=O) groups is 1. The summed E-state index contributed by atoms with van der Waals surface area (Å²) in [6, 6.07) is 16.3. The van der Waals surface area contributed by atoms with Gasteiger partial charge in [-0.05, 0) is 35.7 Å². The smallest absolute Gasteiger partial charge is 0.229 e. The Kier molecular flexibility index (Phi) is 4.74. The molecule has 1 amide bonds. The number of hydrogen-bond donors (Lipinski definition) is 0. The zero-order valence-corrected chi connectivity index (χ0v) is 14.5. The van der Waals surface area contributed by atoms with Crippen molar-refractivity contribution in [3.8, 4) is 5.75 Å². The van der Waals surface area contributed by atoms with E-state index in [-0.39, 0.29) is 11.8 Å². The van der Waals surface area contributed by atoms with Crippen molar-refractivity contribution in [3.63, 3.8) is 0 Å². The van der Waals surface area contributed by atoms with Gasteiger partial charge in [0.2, 0.25) is 5.91 Å². The lowest BCUT2D eigenvalue weighted by Gasteiger charge is -2.28. The van der Waals surface area contributed by atoms with E-state index in [2.05, 4.69) is 29.2 Å². The number of amides is 1. The van der Waals surface area contributed by atoms with Crippen LogP contribution in [0.4, 0.5) is 5.69 Å². The van der Waals surface area contributed by atoms with Crippen LogP contribution in [0.5, 0.6) is 5.75 Å². The van der Waals surface area contributed by atoms with Crippen molar-refractivity contribution in [1.82, 2.24) is 4.90 Å². The highest BCUT2D eigenvalue weighted by atomic mass is 16.5. The Morgan fingerprint density at radius 1 is 1.08 bits per heavy atom. The van der Waals surface area contributed by atoms with Crippen LogP contribution in [0.2, 0.25) is 0 Å². The molecular formula is C20H24N2O2. The molecule has 2 aromatic rings. The summed E-state index contributed by atoms with van der Waals surface area (Å²) in [5, 5.41) is 0. The zero-order valence-electron chi connectivity index (χ0n) is 14.5. The Balaban J connectivity index is 1.63. The maximum Gasteiger partial charge on any atom is 0.229 e. The van der Waals surface area contributed by atoms with Gasteiger partial charge in [-0.3, -0.25) is 4.79 Å².